The van der Waals surface area contributed by atoms with E-state index >= 15 is 0 Å². The monoisotopic (exact) mass is 582 g/mol. The Hall–Kier alpha value is -4.39. The van der Waals surface area contributed by atoms with E-state index in [1.54, 1.807) is 31.4 Å². The molecule has 3 heterocycles. The third-order valence-corrected chi connectivity index (χ3v) is 7.04. The van der Waals surface area contributed by atoms with Crippen LogP contribution in [0.25, 0.3) is 10.9 Å². The number of amides is 4. The molecule has 2 bridgehead atoms. The highest BCUT2D eigenvalue weighted by atomic mass is 16.5. The van der Waals surface area contributed by atoms with Gasteiger partial charge in [0, 0.05) is 17.4 Å². The minimum atomic E-state index is -1.32. The van der Waals surface area contributed by atoms with E-state index in [-0.39, 0.29) is 29.6 Å². The summed E-state index contributed by atoms with van der Waals surface area (Å²) in [7, 11) is 1.55. The predicted molar refractivity (Wildman–Crippen MR) is 153 cm³/mol. The van der Waals surface area contributed by atoms with Gasteiger partial charge in [0.25, 0.3) is 11.8 Å². The van der Waals surface area contributed by atoms with Crippen LogP contribution >= 0.6 is 0 Å². The number of hydrogen-bond donors (Lipinski definition) is 6. The fourth-order valence-electron chi connectivity index (χ4n) is 4.80. The van der Waals surface area contributed by atoms with Gasteiger partial charge >= 0.3 is 0 Å². The van der Waals surface area contributed by atoms with Gasteiger partial charge in [0.2, 0.25) is 17.7 Å². The van der Waals surface area contributed by atoms with Gasteiger partial charge in [-0.15, -0.1) is 0 Å². The first-order valence-corrected chi connectivity index (χ1v) is 14.1. The molecule has 13 heteroatoms. The van der Waals surface area contributed by atoms with Gasteiger partial charge in [-0.3, -0.25) is 19.2 Å². The number of oxazole rings is 1. The van der Waals surface area contributed by atoms with E-state index in [4.69, 9.17) is 9.15 Å². The zero-order valence-corrected chi connectivity index (χ0v) is 24.2. The molecule has 0 saturated heterocycles. The Morgan fingerprint density at radius 1 is 1.14 bits per heavy atom. The molecule has 2 aromatic heterocycles. The fourth-order valence-corrected chi connectivity index (χ4v) is 4.80. The van der Waals surface area contributed by atoms with Crippen molar-refractivity contribution < 1.29 is 33.4 Å². The maximum atomic E-state index is 13.5. The van der Waals surface area contributed by atoms with Crippen LogP contribution in [0.15, 0.2) is 34.9 Å². The highest BCUT2D eigenvalue weighted by Gasteiger charge is 2.33. The number of hydrogen-bond acceptors (Lipinski definition) is 8. The summed E-state index contributed by atoms with van der Waals surface area (Å²) in [6, 6.07) is 3.95. The van der Waals surface area contributed by atoms with E-state index in [1.807, 2.05) is 13.8 Å². The van der Waals surface area contributed by atoms with Crippen molar-refractivity contribution in [2.75, 3.05) is 13.7 Å². The lowest BCUT2D eigenvalue weighted by molar-refractivity contribution is -0.133. The normalized spacial score (nSPS) is 21.4. The van der Waals surface area contributed by atoms with Crippen LogP contribution in [0, 0.1) is 5.92 Å². The number of fused-ring (bicyclic) bond motifs is 3. The molecule has 6 N–H and O–H groups in total. The maximum Gasteiger partial charge on any atom is 0.273 e. The van der Waals surface area contributed by atoms with Crippen LogP contribution in [0.5, 0.6) is 5.75 Å². The molecule has 226 valence electrons. The van der Waals surface area contributed by atoms with Crippen molar-refractivity contribution in [2.24, 2.45) is 5.92 Å². The van der Waals surface area contributed by atoms with Crippen molar-refractivity contribution in [3.05, 3.63) is 47.8 Å². The van der Waals surface area contributed by atoms with E-state index < -0.39 is 47.9 Å². The smallest absolute Gasteiger partial charge is 0.273 e. The molecule has 0 aliphatic carbocycles. The molecule has 3 aromatic rings. The molecular weight excluding hydrogens is 544 g/mol. The molecule has 0 unspecified atom stereocenters. The number of H-pyrrole nitrogens is 1. The average Bonchev–Trinajstić information content (AvgIpc) is 3.61. The Balaban J connectivity index is 1.57. The maximum absolute atomic E-state index is 13.5. The molecule has 42 heavy (non-hydrogen) atoms. The van der Waals surface area contributed by atoms with Gasteiger partial charge in [-0.1, -0.05) is 13.8 Å². The summed E-state index contributed by atoms with van der Waals surface area (Å²) < 4.78 is 10.8. The van der Waals surface area contributed by atoms with E-state index in [0.717, 1.165) is 10.9 Å². The number of aromatic amines is 1. The molecule has 1 aliphatic heterocycles. The van der Waals surface area contributed by atoms with Crippen molar-refractivity contribution in [2.45, 2.75) is 70.7 Å². The Bertz CT molecular complexity index is 1430. The molecule has 13 nitrogen and oxygen atoms in total. The highest BCUT2D eigenvalue weighted by Crippen LogP contribution is 2.23. The van der Waals surface area contributed by atoms with Crippen LogP contribution in [0.1, 0.15) is 79.4 Å². The van der Waals surface area contributed by atoms with Crippen molar-refractivity contribution >= 4 is 34.5 Å². The highest BCUT2D eigenvalue weighted by molar-refractivity contribution is 6.01. The quantitative estimate of drug-likeness (QED) is 0.254. The average molecular weight is 583 g/mol. The first-order valence-electron chi connectivity index (χ1n) is 14.1. The number of carbonyl (C=O) groups is 4. The number of carbonyl (C=O) groups excluding carboxylic acids is 4. The number of benzene rings is 1. The second kappa shape index (κ2) is 13.5. The van der Waals surface area contributed by atoms with Gasteiger partial charge in [-0.05, 0) is 62.8 Å². The number of aromatic nitrogens is 2. The molecule has 4 amide bonds. The second-order valence-electron chi connectivity index (χ2n) is 10.9. The number of rotatable bonds is 6. The molecule has 0 saturated carbocycles. The molecule has 0 radical (unpaired) electrons. The SMILES string of the molecule is COc1ccc2[nH]c(C(=O)N[C@H]3CCCCNC(=O)c4coc(n4)[C@H](CC(C)C)NC(=O)[C@H]([C@@H](C)O)NC3=O)cc2c1. The van der Waals surface area contributed by atoms with Crippen LogP contribution < -0.4 is 26.0 Å². The third kappa shape index (κ3) is 7.46. The summed E-state index contributed by atoms with van der Waals surface area (Å²) >= 11 is 0. The number of nitrogens with zero attached hydrogens (tertiary/aromatic N) is 1. The summed E-state index contributed by atoms with van der Waals surface area (Å²) in [6.45, 7) is 5.61. The standard InChI is InChI=1S/C29H38N6O7/c1-15(2)11-22-29-34-23(14-42-29)25(37)30-10-6-5-7-20(26(38)35-24(16(3)36)28(40)33-22)32-27(39)21-13-17-12-18(41-4)8-9-19(17)31-21/h8-9,12-16,20,22,24,31,36H,5-7,10-11H2,1-4H3,(H,30,37)(H,32,39)(H,33,40)(H,35,38)/t16-,20+,22+,24+/m1/s1. The van der Waals surface area contributed by atoms with Crippen LogP contribution in [0.2, 0.25) is 0 Å². The van der Waals surface area contributed by atoms with Gasteiger partial charge in [0.15, 0.2) is 5.69 Å². The van der Waals surface area contributed by atoms with E-state index in [1.165, 1.54) is 13.2 Å². The summed E-state index contributed by atoms with van der Waals surface area (Å²) in [5.41, 5.74) is 1.05. The lowest BCUT2D eigenvalue weighted by Crippen LogP contribution is -2.57. The Labute approximate surface area is 243 Å². The summed E-state index contributed by atoms with van der Waals surface area (Å²) in [6.07, 6.45) is 1.62. The zero-order valence-electron chi connectivity index (χ0n) is 24.2. The third-order valence-electron chi connectivity index (χ3n) is 7.04. The van der Waals surface area contributed by atoms with Crippen LogP contribution in [0.4, 0.5) is 0 Å². The lowest BCUT2D eigenvalue weighted by Gasteiger charge is -2.26. The van der Waals surface area contributed by atoms with E-state index in [2.05, 4.69) is 31.2 Å². The molecule has 1 aromatic carbocycles. The first kappa shape index (κ1) is 30.6. The summed E-state index contributed by atoms with van der Waals surface area (Å²) in [5.74, 6) is -1.32. The summed E-state index contributed by atoms with van der Waals surface area (Å²) in [5, 5.41) is 22.2. The van der Waals surface area contributed by atoms with Gasteiger partial charge in [-0.2, -0.15) is 0 Å². The molecule has 1 aliphatic rings. The Morgan fingerprint density at radius 2 is 1.93 bits per heavy atom. The number of ether oxygens (including phenoxy) is 1. The molecule has 0 fully saturated rings. The van der Waals surface area contributed by atoms with Crippen LogP contribution in [-0.2, 0) is 9.59 Å². The number of nitrogens with one attached hydrogen (secondary N) is 5. The number of aliphatic hydroxyl groups is 1. The number of aliphatic hydroxyl groups excluding tert-OH is 1. The van der Waals surface area contributed by atoms with Crippen molar-refractivity contribution in [1.82, 2.24) is 31.2 Å². The largest absolute Gasteiger partial charge is 0.497 e. The molecule has 4 rings (SSSR count). The minimum Gasteiger partial charge on any atom is -0.497 e. The van der Waals surface area contributed by atoms with Crippen molar-refractivity contribution in [3.63, 3.8) is 0 Å². The first-order chi connectivity index (χ1) is 20.0. The topological polar surface area (TPSA) is 188 Å². The zero-order chi connectivity index (χ0) is 30.4. The minimum absolute atomic E-state index is 0.0848. The molecular formula is C29H38N6O7. The van der Waals surface area contributed by atoms with Gasteiger partial charge in [-0.25, -0.2) is 4.98 Å². The van der Waals surface area contributed by atoms with E-state index in [9.17, 15) is 24.3 Å². The van der Waals surface area contributed by atoms with Crippen molar-refractivity contribution in [3.8, 4) is 5.75 Å². The summed E-state index contributed by atoms with van der Waals surface area (Å²) in [4.78, 5) is 59.9. The molecule has 4 atom stereocenters. The van der Waals surface area contributed by atoms with Gasteiger partial charge in [0.05, 0.1) is 13.2 Å². The van der Waals surface area contributed by atoms with Gasteiger partial charge in [0.1, 0.15) is 35.8 Å². The number of methoxy groups -OCH3 is 1. The van der Waals surface area contributed by atoms with Crippen LogP contribution in [-0.4, -0.2) is 70.5 Å². The lowest BCUT2D eigenvalue weighted by atomic mass is 10.0. The Kier molecular flexibility index (Phi) is 9.84. The van der Waals surface area contributed by atoms with Crippen LogP contribution in [0.3, 0.4) is 0 Å². The van der Waals surface area contributed by atoms with Gasteiger partial charge < -0.3 is 40.5 Å². The Morgan fingerprint density at radius 3 is 2.64 bits per heavy atom. The predicted octanol–water partition coefficient (Wildman–Crippen LogP) is 1.95. The fraction of sp³-hybridized carbons (Fsp3) is 0.483. The van der Waals surface area contributed by atoms with E-state index in [0.29, 0.717) is 31.6 Å². The molecule has 0 spiro atoms. The van der Waals surface area contributed by atoms with Crippen molar-refractivity contribution in [1.29, 1.82) is 0 Å². The second-order valence-corrected chi connectivity index (χ2v) is 10.9.